The van der Waals surface area contributed by atoms with Crippen molar-refractivity contribution in [2.75, 3.05) is 6.54 Å². The summed E-state index contributed by atoms with van der Waals surface area (Å²) in [6, 6.07) is 6.42. The minimum absolute atomic E-state index is 0.0444. The standard InChI is InChI=1S/C12H14IN3O4/c13-11-10(14-12(17)18)4-5-15(11)7-8-2-1-3-9(6-8)16(19)20/h1-3,6,10-11,14H,4-5,7H2,(H,17,18)/t10-,11?/m1/s1. The average molecular weight is 391 g/mol. The highest BCUT2D eigenvalue weighted by Crippen LogP contribution is 2.26. The molecule has 1 aliphatic rings. The SMILES string of the molecule is O=C(O)N[C@@H]1CCN(Cc2cccc([N+](=O)[O-])c2)C1I. The first-order valence-corrected chi connectivity index (χ1v) is 7.33. The molecule has 1 amide bonds. The summed E-state index contributed by atoms with van der Waals surface area (Å²) in [7, 11) is 0. The highest BCUT2D eigenvalue weighted by Gasteiger charge is 2.33. The number of hydrogen-bond acceptors (Lipinski definition) is 4. The third kappa shape index (κ3) is 3.57. The Kier molecular flexibility index (Phi) is 4.76. The molecule has 2 rings (SSSR count). The number of rotatable bonds is 4. The molecule has 1 aromatic rings. The van der Waals surface area contributed by atoms with Crippen LogP contribution < -0.4 is 5.32 Å². The average Bonchev–Trinajstić information content (AvgIpc) is 2.71. The van der Waals surface area contributed by atoms with E-state index in [-0.39, 0.29) is 15.8 Å². The summed E-state index contributed by atoms with van der Waals surface area (Å²) in [5.41, 5.74) is 0.934. The van der Waals surface area contributed by atoms with Crippen molar-refractivity contribution in [3.63, 3.8) is 0 Å². The van der Waals surface area contributed by atoms with E-state index in [0.29, 0.717) is 6.54 Å². The van der Waals surface area contributed by atoms with Crippen molar-refractivity contribution in [2.45, 2.75) is 23.1 Å². The van der Waals surface area contributed by atoms with Gasteiger partial charge in [0.15, 0.2) is 0 Å². The third-order valence-electron chi connectivity index (χ3n) is 3.22. The second kappa shape index (κ2) is 6.35. The lowest BCUT2D eigenvalue weighted by molar-refractivity contribution is -0.384. The molecule has 1 aliphatic heterocycles. The van der Waals surface area contributed by atoms with Gasteiger partial charge < -0.3 is 10.4 Å². The molecule has 1 heterocycles. The number of amides is 1. The lowest BCUT2D eigenvalue weighted by Gasteiger charge is -2.22. The number of likely N-dealkylation sites (tertiary alicyclic amines) is 1. The molecular weight excluding hydrogens is 377 g/mol. The summed E-state index contributed by atoms with van der Waals surface area (Å²) < 4.78 is 0.0444. The maximum absolute atomic E-state index is 10.7. The summed E-state index contributed by atoms with van der Waals surface area (Å²) in [6.07, 6.45) is -0.275. The van der Waals surface area contributed by atoms with E-state index in [1.807, 2.05) is 6.07 Å². The number of nitro groups is 1. The first kappa shape index (κ1) is 15.0. The molecule has 0 aliphatic carbocycles. The minimum atomic E-state index is -1.02. The Morgan fingerprint density at radius 1 is 1.60 bits per heavy atom. The summed E-state index contributed by atoms with van der Waals surface area (Å²) >= 11 is 2.20. The van der Waals surface area contributed by atoms with Gasteiger partial charge in [0, 0.05) is 25.2 Å². The van der Waals surface area contributed by atoms with Gasteiger partial charge in [-0.2, -0.15) is 0 Å². The van der Waals surface area contributed by atoms with Gasteiger partial charge in [-0.3, -0.25) is 15.0 Å². The molecule has 0 saturated carbocycles. The molecule has 2 atom stereocenters. The van der Waals surface area contributed by atoms with E-state index >= 15 is 0 Å². The lowest BCUT2D eigenvalue weighted by atomic mass is 10.2. The number of nitro benzene ring substituents is 1. The van der Waals surface area contributed by atoms with Gasteiger partial charge in [0.05, 0.1) is 15.0 Å². The third-order valence-corrected chi connectivity index (χ3v) is 4.88. The van der Waals surface area contributed by atoms with Crippen LogP contribution in [0.5, 0.6) is 0 Å². The number of halogens is 1. The van der Waals surface area contributed by atoms with E-state index in [9.17, 15) is 14.9 Å². The Labute approximate surface area is 129 Å². The largest absolute Gasteiger partial charge is 0.465 e. The van der Waals surface area contributed by atoms with Crippen molar-refractivity contribution in [1.82, 2.24) is 10.2 Å². The first-order chi connectivity index (χ1) is 9.47. The van der Waals surface area contributed by atoms with Crippen molar-refractivity contribution < 1.29 is 14.8 Å². The van der Waals surface area contributed by atoms with Gasteiger partial charge in [-0.05, 0) is 12.0 Å². The van der Waals surface area contributed by atoms with Crippen LogP contribution in [0.3, 0.4) is 0 Å². The molecule has 0 radical (unpaired) electrons. The van der Waals surface area contributed by atoms with Gasteiger partial charge in [-0.1, -0.05) is 34.7 Å². The van der Waals surface area contributed by atoms with Gasteiger partial charge in [0.1, 0.15) is 0 Å². The van der Waals surface area contributed by atoms with E-state index in [2.05, 4.69) is 32.8 Å². The van der Waals surface area contributed by atoms with Crippen LogP contribution in [0.2, 0.25) is 0 Å². The van der Waals surface area contributed by atoms with Gasteiger partial charge in [0.2, 0.25) is 0 Å². The van der Waals surface area contributed by atoms with Crippen LogP contribution in [-0.2, 0) is 6.54 Å². The Hall–Kier alpha value is -1.42. The van der Waals surface area contributed by atoms with Crippen LogP contribution in [0, 0.1) is 10.1 Å². The highest BCUT2D eigenvalue weighted by atomic mass is 127. The molecule has 1 saturated heterocycles. The van der Waals surface area contributed by atoms with Crippen LogP contribution in [0.15, 0.2) is 24.3 Å². The van der Waals surface area contributed by atoms with Gasteiger partial charge in [-0.25, -0.2) is 4.79 Å². The monoisotopic (exact) mass is 391 g/mol. The molecule has 0 spiro atoms. The molecule has 0 bridgehead atoms. The summed E-state index contributed by atoms with van der Waals surface area (Å²) in [5, 5.41) is 22.0. The maximum Gasteiger partial charge on any atom is 0.404 e. The smallest absolute Gasteiger partial charge is 0.404 e. The fourth-order valence-electron chi connectivity index (χ4n) is 2.29. The Balaban J connectivity index is 2.02. The molecule has 1 aromatic carbocycles. The van der Waals surface area contributed by atoms with Crippen LogP contribution >= 0.6 is 22.6 Å². The highest BCUT2D eigenvalue weighted by molar-refractivity contribution is 14.1. The van der Waals surface area contributed by atoms with Crippen LogP contribution in [0.4, 0.5) is 10.5 Å². The van der Waals surface area contributed by atoms with Gasteiger partial charge in [-0.15, -0.1) is 0 Å². The predicted molar refractivity (Wildman–Crippen MR) is 80.9 cm³/mol. The molecule has 20 heavy (non-hydrogen) atoms. The van der Waals surface area contributed by atoms with Gasteiger partial charge in [0.25, 0.3) is 5.69 Å². The topological polar surface area (TPSA) is 95.7 Å². The fourth-order valence-corrected chi connectivity index (χ4v) is 3.30. The number of alkyl halides is 1. The Morgan fingerprint density at radius 2 is 2.35 bits per heavy atom. The second-order valence-corrected chi connectivity index (χ2v) is 5.89. The summed E-state index contributed by atoms with van der Waals surface area (Å²) in [6.45, 7) is 1.34. The molecule has 1 unspecified atom stereocenters. The van der Waals surface area contributed by atoms with Crippen molar-refractivity contribution in [3.05, 3.63) is 39.9 Å². The second-order valence-electron chi connectivity index (χ2n) is 4.61. The Bertz CT molecular complexity index is 525. The van der Waals surface area contributed by atoms with Crippen molar-refractivity contribution in [2.24, 2.45) is 0 Å². The van der Waals surface area contributed by atoms with Crippen molar-refractivity contribution in [3.8, 4) is 0 Å². The lowest BCUT2D eigenvalue weighted by Crippen LogP contribution is -2.40. The maximum atomic E-state index is 10.7. The molecular formula is C12H14IN3O4. The number of carbonyl (C=O) groups is 1. The van der Waals surface area contributed by atoms with Crippen molar-refractivity contribution >= 4 is 34.4 Å². The van der Waals surface area contributed by atoms with E-state index < -0.39 is 11.0 Å². The zero-order chi connectivity index (χ0) is 14.7. The predicted octanol–water partition coefficient (Wildman–Crippen LogP) is 2.20. The zero-order valence-electron chi connectivity index (χ0n) is 10.5. The van der Waals surface area contributed by atoms with E-state index in [1.54, 1.807) is 12.1 Å². The number of nitrogens with zero attached hydrogens (tertiary/aromatic N) is 2. The number of hydrogen-bond donors (Lipinski definition) is 2. The van der Waals surface area contributed by atoms with Gasteiger partial charge >= 0.3 is 6.09 Å². The number of benzene rings is 1. The molecule has 0 aromatic heterocycles. The number of nitrogens with one attached hydrogen (secondary N) is 1. The number of non-ortho nitro benzene ring substituents is 1. The normalized spacial score (nSPS) is 22.6. The van der Waals surface area contributed by atoms with Crippen LogP contribution in [0.25, 0.3) is 0 Å². The molecule has 8 heteroatoms. The van der Waals surface area contributed by atoms with E-state index in [4.69, 9.17) is 5.11 Å². The quantitative estimate of drug-likeness (QED) is 0.270. The molecule has 7 nitrogen and oxygen atoms in total. The summed E-state index contributed by atoms with van der Waals surface area (Å²) in [4.78, 5) is 23.1. The van der Waals surface area contributed by atoms with Crippen molar-refractivity contribution in [1.29, 1.82) is 0 Å². The molecule has 108 valence electrons. The fraction of sp³-hybridized carbons (Fsp3) is 0.417. The Morgan fingerprint density at radius 3 is 3.00 bits per heavy atom. The molecule has 2 N–H and O–H groups in total. The van der Waals surface area contributed by atoms with Crippen LogP contribution in [0.1, 0.15) is 12.0 Å². The minimum Gasteiger partial charge on any atom is -0.465 e. The zero-order valence-corrected chi connectivity index (χ0v) is 12.7. The van der Waals surface area contributed by atoms with E-state index in [1.165, 1.54) is 6.07 Å². The summed E-state index contributed by atoms with van der Waals surface area (Å²) in [5.74, 6) is 0. The van der Waals surface area contributed by atoms with E-state index in [0.717, 1.165) is 18.5 Å². The molecule has 1 fully saturated rings. The first-order valence-electron chi connectivity index (χ1n) is 6.08. The number of carboxylic acid groups (broad SMARTS) is 1. The van der Waals surface area contributed by atoms with Crippen LogP contribution in [-0.4, -0.2) is 37.7 Å².